The fourth-order valence-corrected chi connectivity index (χ4v) is 2.58. The summed E-state index contributed by atoms with van der Waals surface area (Å²) < 4.78 is 5.79. The minimum Gasteiger partial charge on any atom is -0.496 e. The Kier molecular flexibility index (Phi) is 5.90. The second-order valence-electron chi connectivity index (χ2n) is 6.94. The maximum atomic E-state index is 5.79. The monoisotopic (exact) mass is 286 g/mol. The highest BCUT2D eigenvalue weighted by Crippen LogP contribution is 2.40. The molecule has 0 saturated heterocycles. The van der Waals surface area contributed by atoms with Crippen LogP contribution in [-0.4, -0.2) is 7.11 Å². The number of hydrogen-bond donors (Lipinski definition) is 0. The molecule has 1 heteroatoms. The van der Waals surface area contributed by atoms with Gasteiger partial charge in [-0.05, 0) is 23.8 Å². The molecule has 0 aliphatic carbocycles. The Morgan fingerprint density at radius 2 is 1.81 bits per heavy atom. The van der Waals surface area contributed by atoms with Crippen molar-refractivity contribution < 1.29 is 4.74 Å². The van der Waals surface area contributed by atoms with E-state index in [1.54, 1.807) is 7.11 Å². The van der Waals surface area contributed by atoms with Gasteiger partial charge in [0.05, 0.1) is 7.11 Å². The van der Waals surface area contributed by atoms with Gasteiger partial charge in [-0.15, -0.1) is 5.92 Å². The third-order valence-electron chi connectivity index (χ3n) is 4.02. The molecule has 0 bridgehead atoms. The maximum Gasteiger partial charge on any atom is 0.126 e. The minimum absolute atomic E-state index is 0.0736. The van der Waals surface area contributed by atoms with E-state index in [1.165, 1.54) is 16.7 Å². The predicted molar refractivity (Wildman–Crippen MR) is 92.1 cm³/mol. The fraction of sp³-hybridized carbons (Fsp3) is 0.600. The Balaban J connectivity index is 3.38. The Labute approximate surface area is 131 Å². The lowest BCUT2D eigenvalue weighted by molar-refractivity contribution is 0.386. The lowest BCUT2D eigenvalue weighted by Gasteiger charge is -2.27. The van der Waals surface area contributed by atoms with Crippen LogP contribution >= 0.6 is 0 Å². The van der Waals surface area contributed by atoms with E-state index in [0.717, 1.165) is 12.2 Å². The molecule has 2 atom stereocenters. The van der Waals surface area contributed by atoms with Crippen LogP contribution < -0.4 is 4.74 Å². The summed E-state index contributed by atoms with van der Waals surface area (Å²) in [6.07, 6.45) is 0.912. The highest BCUT2D eigenvalue weighted by molar-refractivity contribution is 5.49. The summed E-state index contributed by atoms with van der Waals surface area (Å²) >= 11 is 0. The van der Waals surface area contributed by atoms with Crippen LogP contribution in [0.3, 0.4) is 0 Å². The summed E-state index contributed by atoms with van der Waals surface area (Å²) in [6, 6.07) is 4.50. The van der Waals surface area contributed by atoms with Crippen molar-refractivity contribution in [2.75, 3.05) is 7.11 Å². The van der Waals surface area contributed by atoms with Gasteiger partial charge in [-0.1, -0.05) is 65.2 Å². The Morgan fingerprint density at radius 1 is 1.19 bits per heavy atom. The van der Waals surface area contributed by atoms with Crippen molar-refractivity contribution in [3.63, 3.8) is 0 Å². The molecular formula is C20H30O. The van der Waals surface area contributed by atoms with Crippen LogP contribution in [0.5, 0.6) is 5.75 Å². The van der Waals surface area contributed by atoms with Crippen molar-refractivity contribution in [1.82, 2.24) is 0 Å². The molecule has 0 aliphatic rings. The highest BCUT2D eigenvalue weighted by Gasteiger charge is 2.25. The number of hydrogen-bond acceptors (Lipinski definition) is 1. The quantitative estimate of drug-likeness (QED) is 0.671. The summed E-state index contributed by atoms with van der Waals surface area (Å²) in [4.78, 5) is 0. The van der Waals surface area contributed by atoms with Crippen LogP contribution in [0.2, 0.25) is 0 Å². The van der Waals surface area contributed by atoms with Gasteiger partial charge < -0.3 is 4.74 Å². The minimum atomic E-state index is 0.0736. The maximum absolute atomic E-state index is 5.79. The smallest absolute Gasteiger partial charge is 0.126 e. The normalized spacial score (nSPS) is 14.1. The first-order chi connectivity index (χ1) is 9.72. The van der Waals surface area contributed by atoms with E-state index in [9.17, 15) is 0 Å². The Bertz CT molecular complexity index is 537. The van der Waals surface area contributed by atoms with E-state index < -0.39 is 0 Å². The van der Waals surface area contributed by atoms with E-state index >= 15 is 0 Å². The van der Waals surface area contributed by atoms with Crippen LogP contribution in [0.25, 0.3) is 0 Å². The van der Waals surface area contributed by atoms with Gasteiger partial charge in [0.1, 0.15) is 5.75 Å². The van der Waals surface area contributed by atoms with Crippen LogP contribution in [0.4, 0.5) is 0 Å². The van der Waals surface area contributed by atoms with Gasteiger partial charge in [0, 0.05) is 17.9 Å². The molecule has 0 N–H and O–H groups in total. The largest absolute Gasteiger partial charge is 0.496 e. The van der Waals surface area contributed by atoms with Gasteiger partial charge in [-0.25, -0.2) is 0 Å². The van der Waals surface area contributed by atoms with Gasteiger partial charge in [-0.3, -0.25) is 0 Å². The topological polar surface area (TPSA) is 9.23 Å². The molecule has 0 aliphatic heterocycles. The average Bonchev–Trinajstić information content (AvgIpc) is 2.41. The first-order valence-corrected chi connectivity index (χ1v) is 7.89. The van der Waals surface area contributed by atoms with Crippen LogP contribution in [0, 0.1) is 24.7 Å². The van der Waals surface area contributed by atoms with E-state index in [4.69, 9.17) is 4.74 Å². The standard InChI is InChI=1S/C20H30O/c1-9-10-11-15(3)16(4)17-12-14(2)13-18(19(17)21-8)20(5,6)7/h12-13,15-16H,9H2,1-8H3. The van der Waals surface area contributed by atoms with E-state index in [2.05, 4.69) is 72.4 Å². The Morgan fingerprint density at radius 3 is 2.29 bits per heavy atom. The third kappa shape index (κ3) is 4.27. The van der Waals surface area contributed by atoms with Crippen molar-refractivity contribution in [3.8, 4) is 17.6 Å². The molecule has 1 nitrogen and oxygen atoms in total. The molecule has 0 aromatic heterocycles. The lowest BCUT2D eigenvalue weighted by Crippen LogP contribution is -2.16. The van der Waals surface area contributed by atoms with Gasteiger partial charge in [0.15, 0.2) is 0 Å². The number of ether oxygens (including phenoxy) is 1. The van der Waals surface area contributed by atoms with Gasteiger partial charge >= 0.3 is 0 Å². The van der Waals surface area contributed by atoms with E-state index in [-0.39, 0.29) is 5.41 Å². The first kappa shape index (κ1) is 17.6. The summed E-state index contributed by atoms with van der Waals surface area (Å²) in [5.74, 6) is 8.28. The molecule has 1 aromatic carbocycles. The molecule has 1 aromatic rings. The van der Waals surface area contributed by atoms with Crippen molar-refractivity contribution in [2.45, 2.75) is 66.2 Å². The Hall–Kier alpha value is -1.42. The van der Waals surface area contributed by atoms with Crippen molar-refractivity contribution in [1.29, 1.82) is 0 Å². The van der Waals surface area contributed by atoms with Gasteiger partial charge in [-0.2, -0.15) is 0 Å². The van der Waals surface area contributed by atoms with E-state index in [1.807, 2.05) is 0 Å². The zero-order valence-electron chi connectivity index (χ0n) is 14.9. The van der Waals surface area contributed by atoms with Gasteiger partial charge in [0.25, 0.3) is 0 Å². The number of benzene rings is 1. The molecule has 1 rings (SSSR count). The van der Waals surface area contributed by atoms with Gasteiger partial charge in [0.2, 0.25) is 0 Å². The molecule has 0 amide bonds. The molecular weight excluding hydrogens is 256 g/mol. The van der Waals surface area contributed by atoms with Crippen LogP contribution in [-0.2, 0) is 5.41 Å². The summed E-state index contributed by atoms with van der Waals surface area (Å²) in [7, 11) is 1.78. The fourth-order valence-electron chi connectivity index (χ4n) is 2.58. The summed E-state index contributed by atoms with van der Waals surface area (Å²) in [5.41, 5.74) is 3.92. The molecule has 0 saturated carbocycles. The lowest BCUT2D eigenvalue weighted by atomic mass is 9.80. The number of aryl methyl sites for hydroxylation is 1. The second kappa shape index (κ2) is 7.03. The molecule has 0 fully saturated rings. The van der Waals surface area contributed by atoms with E-state index in [0.29, 0.717) is 11.8 Å². The molecule has 0 spiro atoms. The first-order valence-electron chi connectivity index (χ1n) is 7.89. The highest BCUT2D eigenvalue weighted by atomic mass is 16.5. The molecule has 116 valence electrons. The second-order valence-corrected chi connectivity index (χ2v) is 6.94. The summed E-state index contributed by atoms with van der Waals surface area (Å²) in [6.45, 7) is 15.4. The molecule has 0 heterocycles. The SMILES string of the molecule is CCC#CC(C)C(C)c1cc(C)cc(C(C)(C)C)c1OC. The van der Waals surface area contributed by atoms with Crippen molar-refractivity contribution >= 4 is 0 Å². The summed E-state index contributed by atoms with van der Waals surface area (Å²) in [5, 5.41) is 0. The van der Waals surface area contributed by atoms with Crippen molar-refractivity contribution in [2.24, 2.45) is 5.92 Å². The van der Waals surface area contributed by atoms with Crippen LogP contribution in [0.1, 0.15) is 70.6 Å². The predicted octanol–water partition coefficient (Wildman–Crippen LogP) is 5.45. The van der Waals surface area contributed by atoms with Crippen molar-refractivity contribution in [3.05, 3.63) is 28.8 Å². The molecule has 2 unspecified atom stereocenters. The average molecular weight is 286 g/mol. The number of rotatable bonds is 3. The molecule has 0 radical (unpaired) electrons. The number of methoxy groups -OCH3 is 1. The zero-order chi connectivity index (χ0) is 16.2. The molecule has 21 heavy (non-hydrogen) atoms. The zero-order valence-corrected chi connectivity index (χ0v) is 14.9. The third-order valence-corrected chi connectivity index (χ3v) is 4.02. The van der Waals surface area contributed by atoms with Crippen LogP contribution in [0.15, 0.2) is 12.1 Å².